The topological polar surface area (TPSA) is 75.7 Å². The Labute approximate surface area is 177 Å². The van der Waals surface area contributed by atoms with Gasteiger partial charge < -0.3 is 15.0 Å². The van der Waals surface area contributed by atoms with Gasteiger partial charge in [0.2, 0.25) is 5.91 Å². The second-order valence-electron chi connectivity index (χ2n) is 7.82. The summed E-state index contributed by atoms with van der Waals surface area (Å²) in [6.45, 7) is 6.15. The molecule has 0 unspecified atom stereocenters. The van der Waals surface area contributed by atoms with Crippen LogP contribution in [0.25, 0.3) is 0 Å². The van der Waals surface area contributed by atoms with Crippen LogP contribution in [0.3, 0.4) is 0 Å². The molecule has 3 atom stereocenters. The molecule has 0 aromatic heterocycles. The molecule has 1 saturated heterocycles. The maximum absolute atomic E-state index is 12.5. The van der Waals surface area contributed by atoms with E-state index in [2.05, 4.69) is 5.32 Å². The van der Waals surface area contributed by atoms with Crippen molar-refractivity contribution in [2.24, 2.45) is 5.92 Å². The van der Waals surface area contributed by atoms with Gasteiger partial charge in [-0.1, -0.05) is 60.2 Å². The van der Waals surface area contributed by atoms with Gasteiger partial charge in [0.25, 0.3) is 5.91 Å². The number of nitrogens with zero attached hydrogens (tertiary/aromatic N) is 1. The van der Waals surface area contributed by atoms with E-state index in [1.165, 1.54) is 0 Å². The Morgan fingerprint density at radius 1 is 1.10 bits per heavy atom. The normalized spacial score (nSPS) is 18.0. The highest BCUT2D eigenvalue weighted by Crippen LogP contribution is 2.29. The first kappa shape index (κ1) is 21.6. The molecule has 30 heavy (non-hydrogen) atoms. The summed E-state index contributed by atoms with van der Waals surface area (Å²) in [6, 6.07) is 17.4. The van der Waals surface area contributed by atoms with Gasteiger partial charge in [-0.15, -0.1) is 0 Å². The van der Waals surface area contributed by atoms with E-state index in [0.717, 1.165) is 16.7 Å². The Bertz CT molecular complexity index is 895. The van der Waals surface area contributed by atoms with Gasteiger partial charge in [0, 0.05) is 19.5 Å². The first-order valence-corrected chi connectivity index (χ1v) is 10.2. The molecule has 1 heterocycles. The van der Waals surface area contributed by atoms with Crippen LogP contribution in [-0.2, 0) is 25.7 Å². The Morgan fingerprint density at radius 2 is 1.77 bits per heavy atom. The SMILES string of the molecule is Cc1ccc(CNC(=O)[C@@H](C)OC(=O)[C@@H]2CC(=O)N([C@@H](C)c3ccccc3)C2)cc1. The molecule has 2 amide bonds. The molecule has 0 spiro atoms. The van der Waals surface area contributed by atoms with E-state index in [1.807, 2.05) is 68.4 Å². The number of nitrogens with one attached hydrogen (secondary N) is 1. The van der Waals surface area contributed by atoms with Crippen molar-refractivity contribution in [1.82, 2.24) is 10.2 Å². The number of likely N-dealkylation sites (tertiary alicyclic amines) is 1. The Balaban J connectivity index is 1.50. The predicted molar refractivity (Wildman–Crippen MR) is 113 cm³/mol. The van der Waals surface area contributed by atoms with Crippen molar-refractivity contribution >= 4 is 17.8 Å². The quantitative estimate of drug-likeness (QED) is 0.714. The van der Waals surface area contributed by atoms with Crippen LogP contribution in [0.2, 0.25) is 0 Å². The lowest BCUT2D eigenvalue weighted by Crippen LogP contribution is -2.37. The molecule has 0 radical (unpaired) electrons. The highest BCUT2D eigenvalue weighted by Gasteiger charge is 2.38. The molecular weight excluding hydrogens is 380 g/mol. The highest BCUT2D eigenvalue weighted by molar-refractivity contribution is 5.89. The molecule has 1 aliphatic heterocycles. The third-order valence-corrected chi connectivity index (χ3v) is 5.49. The van der Waals surface area contributed by atoms with Crippen LogP contribution in [-0.4, -0.2) is 35.3 Å². The molecule has 0 bridgehead atoms. The number of aryl methyl sites for hydroxylation is 1. The van der Waals surface area contributed by atoms with E-state index in [-0.39, 0.29) is 24.3 Å². The Kier molecular flexibility index (Phi) is 6.87. The van der Waals surface area contributed by atoms with Crippen molar-refractivity contribution in [2.75, 3.05) is 6.54 Å². The number of amides is 2. The smallest absolute Gasteiger partial charge is 0.312 e. The Morgan fingerprint density at radius 3 is 2.43 bits per heavy atom. The molecule has 1 fully saturated rings. The van der Waals surface area contributed by atoms with E-state index >= 15 is 0 Å². The molecule has 1 aliphatic rings. The van der Waals surface area contributed by atoms with Gasteiger partial charge in [0.15, 0.2) is 6.10 Å². The van der Waals surface area contributed by atoms with Gasteiger partial charge in [-0.25, -0.2) is 0 Å². The van der Waals surface area contributed by atoms with Crippen molar-refractivity contribution in [3.63, 3.8) is 0 Å². The Hall–Kier alpha value is -3.15. The number of esters is 1. The number of ether oxygens (including phenoxy) is 1. The van der Waals surface area contributed by atoms with Gasteiger partial charge in [0.1, 0.15) is 0 Å². The fourth-order valence-corrected chi connectivity index (χ4v) is 3.54. The van der Waals surface area contributed by atoms with Crippen LogP contribution in [0.1, 0.15) is 43.0 Å². The van der Waals surface area contributed by atoms with E-state index in [0.29, 0.717) is 13.1 Å². The third-order valence-electron chi connectivity index (χ3n) is 5.49. The largest absolute Gasteiger partial charge is 0.452 e. The van der Waals surface area contributed by atoms with Crippen molar-refractivity contribution in [3.05, 3.63) is 71.3 Å². The molecule has 3 rings (SSSR count). The van der Waals surface area contributed by atoms with Crippen LogP contribution in [0.4, 0.5) is 0 Å². The minimum absolute atomic E-state index is 0.0789. The lowest BCUT2D eigenvalue weighted by atomic mass is 10.1. The lowest BCUT2D eigenvalue weighted by Gasteiger charge is -2.25. The van der Waals surface area contributed by atoms with Crippen LogP contribution >= 0.6 is 0 Å². The minimum atomic E-state index is -0.918. The number of benzene rings is 2. The lowest BCUT2D eigenvalue weighted by molar-refractivity contribution is -0.158. The van der Waals surface area contributed by atoms with Crippen molar-refractivity contribution < 1.29 is 19.1 Å². The fourth-order valence-electron chi connectivity index (χ4n) is 3.54. The fraction of sp³-hybridized carbons (Fsp3) is 0.375. The van der Waals surface area contributed by atoms with Crippen LogP contribution in [0.5, 0.6) is 0 Å². The molecule has 6 nitrogen and oxygen atoms in total. The zero-order valence-electron chi connectivity index (χ0n) is 17.6. The number of carbonyl (C=O) groups is 3. The number of rotatable bonds is 7. The summed E-state index contributed by atoms with van der Waals surface area (Å²) >= 11 is 0. The molecule has 6 heteroatoms. The average molecular weight is 408 g/mol. The van der Waals surface area contributed by atoms with Crippen LogP contribution in [0, 0.1) is 12.8 Å². The molecule has 0 aliphatic carbocycles. The van der Waals surface area contributed by atoms with Gasteiger partial charge in [-0.2, -0.15) is 0 Å². The van der Waals surface area contributed by atoms with Crippen LogP contribution < -0.4 is 5.32 Å². The number of hydrogen-bond donors (Lipinski definition) is 1. The number of carbonyl (C=O) groups excluding carboxylic acids is 3. The molecule has 0 saturated carbocycles. The maximum Gasteiger partial charge on any atom is 0.312 e. The molecule has 2 aromatic rings. The predicted octanol–water partition coefficient (Wildman–Crippen LogP) is 3.15. The second kappa shape index (κ2) is 9.57. The first-order chi connectivity index (χ1) is 14.3. The van der Waals surface area contributed by atoms with Crippen LogP contribution in [0.15, 0.2) is 54.6 Å². The zero-order chi connectivity index (χ0) is 21.7. The van der Waals surface area contributed by atoms with Gasteiger partial charge in [0.05, 0.1) is 12.0 Å². The summed E-state index contributed by atoms with van der Waals surface area (Å²) in [4.78, 5) is 39.0. The average Bonchev–Trinajstić information content (AvgIpc) is 3.15. The molecule has 1 N–H and O–H groups in total. The van der Waals surface area contributed by atoms with Gasteiger partial charge >= 0.3 is 5.97 Å². The summed E-state index contributed by atoms with van der Waals surface area (Å²) in [6.07, 6.45) is -0.813. The van der Waals surface area contributed by atoms with Gasteiger partial charge in [-0.3, -0.25) is 14.4 Å². The van der Waals surface area contributed by atoms with Gasteiger partial charge in [-0.05, 0) is 31.9 Å². The summed E-state index contributed by atoms with van der Waals surface area (Å²) in [7, 11) is 0. The van der Waals surface area contributed by atoms with E-state index in [1.54, 1.807) is 11.8 Å². The van der Waals surface area contributed by atoms with Crippen molar-refractivity contribution in [3.8, 4) is 0 Å². The molecule has 2 aromatic carbocycles. The minimum Gasteiger partial charge on any atom is -0.452 e. The zero-order valence-corrected chi connectivity index (χ0v) is 17.6. The standard InChI is InChI=1S/C24H28N2O4/c1-16-9-11-19(12-10-16)14-25-23(28)18(3)30-24(29)21-13-22(27)26(15-21)17(2)20-7-5-4-6-8-20/h4-12,17-18,21H,13-15H2,1-3H3,(H,25,28)/t17-,18+,21+/m0/s1. The summed E-state index contributed by atoms with van der Waals surface area (Å²) in [5.74, 6) is -1.51. The van der Waals surface area contributed by atoms with Crippen molar-refractivity contribution in [1.29, 1.82) is 0 Å². The second-order valence-corrected chi connectivity index (χ2v) is 7.82. The van der Waals surface area contributed by atoms with E-state index in [9.17, 15) is 14.4 Å². The third kappa shape index (κ3) is 5.26. The highest BCUT2D eigenvalue weighted by atomic mass is 16.5. The van der Waals surface area contributed by atoms with E-state index in [4.69, 9.17) is 4.74 Å². The van der Waals surface area contributed by atoms with E-state index < -0.39 is 18.0 Å². The monoisotopic (exact) mass is 408 g/mol. The summed E-state index contributed by atoms with van der Waals surface area (Å²) < 4.78 is 5.36. The maximum atomic E-state index is 12.5. The number of hydrogen-bond acceptors (Lipinski definition) is 4. The summed E-state index contributed by atoms with van der Waals surface area (Å²) in [5, 5.41) is 2.78. The molecule has 158 valence electrons. The first-order valence-electron chi connectivity index (χ1n) is 10.2. The van der Waals surface area contributed by atoms with Crippen molar-refractivity contribution in [2.45, 2.75) is 45.9 Å². The molecular formula is C24H28N2O4. The summed E-state index contributed by atoms with van der Waals surface area (Å²) in [5.41, 5.74) is 3.14.